The Hall–Kier alpha value is -1.82. The van der Waals surface area contributed by atoms with Gasteiger partial charge in [0.05, 0.1) is 6.61 Å². The van der Waals surface area contributed by atoms with E-state index in [1.165, 1.54) is 6.26 Å². The quantitative estimate of drug-likeness (QED) is 0.877. The fraction of sp³-hybridized carbons (Fsp3) is 0.167. The summed E-state index contributed by atoms with van der Waals surface area (Å²) >= 11 is 3.34. The van der Waals surface area contributed by atoms with Crippen LogP contribution in [0.1, 0.15) is 17.4 Å². The molecule has 0 saturated carbocycles. The number of hydrogen-bond acceptors (Lipinski definition) is 5. The zero-order valence-electron chi connectivity index (χ0n) is 9.64. The first kappa shape index (κ1) is 12.6. The lowest BCUT2D eigenvalue weighted by molar-refractivity contribution is 0.0519. The minimum Gasteiger partial charge on any atom is -0.461 e. The summed E-state index contributed by atoms with van der Waals surface area (Å²) in [6.07, 6.45) is 1.26. The van der Waals surface area contributed by atoms with Crippen LogP contribution in [0.15, 0.2) is 39.4 Å². The first-order chi connectivity index (χ1) is 8.69. The van der Waals surface area contributed by atoms with Gasteiger partial charge in [-0.1, -0.05) is 15.9 Å². The number of carbonyl (C=O) groups excluding carboxylic acids is 1. The number of halogens is 1. The van der Waals surface area contributed by atoms with E-state index in [4.69, 9.17) is 9.15 Å². The van der Waals surface area contributed by atoms with Crippen LogP contribution in [0, 0.1) is 0 Å². The number of oxazole rings is 1. The second-order valence-corrected chi connectivity index (χ2v) is 4.31. The van der Waals surface area contributed by atoms with Gasteiger partial charge in [0.2, 0.25) is 0 Å². The van der Waals surface area contributed by atoms with Gasteiger partial charge in [0, 0.05) is 10.2 Å². The molecule has 0 bridgehead atoms. The molecule has 0 spiro atoms. The van der Waals surface area contributed by atoms with Gasteiger partial charge in [-0.05, 0) is 31.2 Å². The van der Waals surface area contributed by atoms with Gasteiger partial charge >= 0.3 is 5.97 Å². The maximum absolute atomic E-state index is 11.4. The highest BCUT2D eigenvalue weighted by atomic mass is 79.9. The van der Waals surface area contributed by atoms with E-state index < -0.39 is 5.97 Å². The van der Waals surface area contributed by atoms with Crippen molar-refractivity contribution < 1.29 is 13.9 Å². The topological polar surface area (TPSA) is 64.4 Å². The molecule has 1 heterocycles. The molecule has 2 rings (SSSR count). The van der Waals surface area contributed by atoms with Crippen molar-refractivity contribution in [1.82, 2.24) is 4.98 Å². The van der Waals surface area contributed by atoms with Crippen LogP contribution in [-0.2, 0) is 4.74 Å². The minimum absolute atomic E-state index is 0.150. The Labute approximate surface area is 112 Å². The van der Waals surface area contributed by atoms with Gasteiger partial charge in [0.1, 0.15) is 6.26 Å². The van der Waals surface area contributed by atoms with Gasteiger partial charge in [0.15, 0.2) is 5.69 Å². The van der Waals surface area contributed by atoms with Crippen LogP contribution in [0.2, 0.25) is 0 Å². The van der Waals surface area contributed by atoms with Crippen molar-refractivity contribution in [2.24, 2.45) is 0 Å². The van der Waals surface area contributed by atoms with Crippen LogP contribution >= 0.6 is 15.9 Å². The highest BCUT2D eigenvalue weighted by Gasteiger charge is 2.12. The maximum atomic E-state index is 11.4. The zero-order chi connectivity index (χ0) is 13.0. The molecule has 0 atom stereocenters. The first-order valence-corrected chi connectivity index (χ1v) is 6.13. The molecule has 6 heteroatoms. The SMILES string of the molecule is CCOC(=O)c1coc(Nc2ccc(Br)cc2)n1. The number of hydrogen-bond donors (Lipinski definition) is 1. The van der Waals surface area contributed by atoms with Crippen molar-refractivity contribution in [3.63, 3.8) is 0 Å². The number of nitrogens with zero attached hydrogens (tertiary/aromatic N) is 1. The van der Waals surface area contributed by atoms with E-state index in [1.54, 1.807) is 6.92 Å². The molecular weight excluding hydrogens is 300 g/mol. The summed E-state index contributed by atoms with van der Waals surface area (Å²) in [5.41, 5.74) is 0.965. The van der Waals surface area contributed by atoms with Gasteiger partial charge in [-0.2, -0.15) is 4.98 Å². The van der Waals surface area contributed by atoms with Crippen LogP contribution < -0.4 is 5.32 Å². The number of aromatic nitrogens is 1. The van der Waals surface area contributed by atoms with Crippen molar-refractivity contribution >= 4 is 33.6 Å². The first-order valence-electron chi connectivity index (χ1n) is 5.34. The molecule has 18 heavy (non-hydrogen) atoms. The monoisotopic (exact) mass is 310 g/mol. The summed E-state index contributed by atoms with van der Waals surface area (Å²) in [5, 5.41) is 2.94. The fourth-order valence-corrected chi connectivity index (χ4v) is 1.55. The summed E-state index contributed by atoms with van der Waals surface area (Å²) in [6.45, 7) is 2.04. The highest BCUT2D eigenvalue weighted by Crippen LogP contribution is 2.19. The van der Waals surface area contributed by atoms with E-state index in [9.17, 15) is 4.79 Å². The van der Waals surface area contributed by atoms with Crippen LogP contribution in [-0.4, -0.2) is 17.6 Å². The van der Waals surface area contributed by atoms with Gasteiger partial charge in [-0.3, -0.25) is 0 Å². The molecule has 1 N–H and O–H groups in total. The van der Waals surface area contributed by atoms with Crippen LogP contribution in [0.3, 0.4) is 0 Å². The normalized spacial score (nSPS) is 10.1. The van der Waals surface area contributed by atoms with Crippen molar-refractivity contribution in [2.45, 2.75) is 6.92 Å². The second kappa shape index (κ2) is 5.68. The van der Waals surface area contributed by atoms with Crippen molar-refractivity contribution in [1.29, 1.82) is 0 Å². The molecule has 0 unspecified atom stereocenters. The van der Waals surface area contributed by atoms with Crippen molar-refractivity contribution in [3.05, 3.63) is 40.7 Å². The summed E-state index contributed by atoms with van der Waals surface area (Å²) in [6, 6.07) is 7.74. The Bertz CT molecular complexity index is 537. The lowest BCUT2D eigenvalue weighted by Crippen LogP contribution is -2.04. The number of ether oxygens (including phenoxy) is 1. The molecule has 0 radical (unpaired) electrons. The molecule has 0 aliphatic carbocycles. The van der Waals surface area contributed by atoms with E-state index in [1.807, 2.05) is 24.3 Å². The Balaban J connectivity index is 2.06. The average Bonchev–Trinajstić information content (AvgIpc) is 2.81. The predicted octanol–water partition coefficient (Wildman–Crippen LogP) is 3.36. The van der Waals surface area contributed by atoms with Crippen LogP contribution in [0.5, 0.6) is 0 Å². The highest BCUT2D eigenvalue weighted by molar-refractivity contribution is 9.10. The lowest BCUT2D eigenvalue weighted by atomic mass is 10.3. The van der Waals surface area contributed by atoms with E-state index in [2.05, 4.69) is 26.2 Å². The molecule has 2 aromatic rings. The molecule has 1 aromatic heterocycles. The average molecular weight is 311 g/mol. The molecule has 0 amide bonds. The summed E-state index contributed by atoms with van der Waals surface area (Å²) < 4.78 is 10.9. The smallest absolute Gasteiger partial charge is 0.360 e. The number of rotatable bonds is 4. The van der Waals surface area contributed by atoms with Gasteiger partial charge in [-0.25, -0.2) is 4.79 Å². The van der Waals surface area contributed by atoms with E-state index >= 15 is 0 Å². The molecule has 5 nitrogen and oxygen atoms in total. The Morgan fingerprint density at radius 2 is 2.17 bits per heavy atom. The Kier molecular flexibility index (Phi) is 3.99. The third-order valence-corrected chi connectivity index (χ3v) is 2.61. The van der Waals surface area contributed by atoms with Crippen molar-refractivity contribution in [2.75, 3.05) is 11.9 Å². The minimum atomic E-state index is -0.495. The summed E-state index contributed by atoms with van der Waals surface area (Å²) in [5.74, 6) is -0.495. The van der Waals surface area contributed by atoms with Gasteiger partial charge < -0.3 is 14.5 Å². The zero-order valence-corrected chi connectivity index (χ0v) is 11.2. The van der Waals surface area contributed by atoms with Gasteiger partial charge in [-0.15, -0.1) is 0 Å². The van der Waals surface area contributed by atoms with Crippen molar-refractivity contribution in [3.8, 4) is 0 Å². The number of nitrogens with one attached hydrogen (secondary N) is 1. The molecule has 94 valence electrons. The molecule has 0 aliphatic heterocycles. The third kappa shape index (κ3) is 3.10. The molecule has 0 saturated heterocycles. The van der Waals surface area contributed by atoms with Crippen LogP contribution in [0.25, 0.3) is 0 Å². The maximum Gasteiger partial charge on any atom is 0.360 e. The van der Waals surface area contributed by atoms with Gasteiger partial charge in [0.25, 0.3) is 6.01 Å². The van der Waals surface area contributed by atoms with E-state index in [0.717, 1.165) is 10.2 Å². The standard InChI is InChI=1S/C12H11BrN2O3/c1-2-17-11(16)10-7-18-12(15-10)14-9-5-3-8(13)4-6-9/h3-7H,2H2,1H3,(H,14,15). The number of esters is 1. The second-order valence-electron chi connectivity index (χ2n) is 3.39. The fourth-order valence-electron chi connectivity index (χ4n) is 1.29. The number of benzene rings is 1. The Morgan fingerprint density at radius 3 is 2.83 bits per heavy atom. The summed E-state index contributed by atoms with van der Waals surface area (Å²) in [4.78, 5) is 15.4. The van der Waals surface area contributed by atoms with Crippen LogP contribution in [0.4, 0.5) is 11.7 Å². The summed E-state index contributed by atoms with van der Waals surface area (Å²) in [7, 11) is 0. The molecular formula is C12H11BrN2O3. The largest absolute Gasteiger partial charge is 0.461 e. The Morgan fingerprint density at radius 1 is 1.44 bits per heavy atom. The van der Waals surface area contributed by atoms with E-state index in [0.29, 0.717) is 6.61 Å². The lowest BCUT2D eigenvalue weighted by Gasteiger charge is -2.00. The van der Waals surface area contributed by atoms with E-state index in [-0.39, 0.29) is 11.7 Å². The molecule has 0 fully saturated rings. The number of anilines is 2. The third-order valence-electron chi connectivity index (χ3n) is 2.08. The molecule has 0 aliphatic rings. The molecule has 1 aromatic carbocycles. The predicted molar refractivity (Wildman–Crippen MR) is 69.9 cm³/mol. The number of carbonyl (C=O) groups is 1.